The number of aromatic nitrogens is 4. The van der Waals surface area contributed by atoms with Crippen molar-refractivity contribution in [2.45, 2.75) is 30.1 Å². The Morgan fingerprint density at radius 3 is 2.02 bits per heavy atom. The van der Waals surface area contributed by atoms with Crippen molar-refractivity contribution in [1.82, 2.24) is 19.5 Å². The Balaban J connectivity index is 1.24. The lowest BCUT2D eigenvalue weighted by Gasteiger charge is -2.37. The average Bonchev–Trinajstić information content (AvgIpc) is 3.80. The number of hydrogen-bond donors (Lipinski definition) is 2. The van der Waals surface area contributed by atoms with Crippen LogP contribution in [-0.2, 0) is 24.5 Å². The first kappa shape index (κ1) is 36.6. The van der Waals surface area contributed by atoms with Gasteiger partial charge in [-0.15, -0.1) is 0 Å². The van der Waals surface area contributed by atoms with Crippen LogP contribution < -0.4 is 14.8 Å². The number of hydrogen-bond acceptors (Lipinski definition) is 11. The molecule has 1 aliphatic rings. The van der Waals surface area contributed by atoms with Crippen molar-refractivity contribution in [3.8, 4) is 11.5 Å². The molecule has 1 fully saturated rings. The summed E-state index contributed by atoms with van der Waals surface area (Å²) in [4.78, 5) is 26.3. The van der Waals surface area contributed by atoms with Crippen molar-refractivity contribution < 1.29 is 38.3 Å². The number of nitrogens with zero attached hydrogens (tertiary/aromatic N) is 4. The summed E-state index contributed by atoms with van der Waals surface area (Å²) < 4.78 is 37.8. The van der Waals surface area contributed by atoms with Crippen LogP contribution in [0.1, 0.15) is 33.3 Å². The normalized spacial score (nSPS) is 18.4. The Bertz CT molecular complexity index is 2080. The molecule has 0 radical (unpaired) electrons. The molecular formula is C41H41N5O8. The third-order valence-electron chi connectivity index (χ3n) is 9.45. The lowest BCUT2D eigenvalue weighted by molar-refractivity contribution is -0.0970. The van der Waals surface area contributed by atoms with Crippen molar-refractivity contribution in [3.05, 3.63) is 144 Å². The SMILES string of the molecule is COCCO[C@H]1[C@H](O)[C@@H](COC(c2ccccc2)(c2ccc(OC)cc2)c2ccc(OC)cc2)O[C@H]1n1cnc2c(NC(=O)c3ccccc3)ncnc21. The van der Waals surface area contributed by atoms with E-state index in [1.54, 1.807) is 50.2 Å². The number of nitrogens with one attached hydrogen (secondary N) is 1. The van der Waals surface area contributed by atoms with Gasteiger partial charge < -0.3 is 38.8 Å². The molecule has 13 heteroatoms. The molecule has 4 aromatic carbocycles. The third kappa shape index (κ3) is 7.27. The van der Waals surface area contributed by atoms with Gasteiger partial charge in [0.05, 0.1) is 40.4 Å². The highest BCUT2D eigenvalue weighted by molar-refractivity contribution is 6.06. The number of fused-ring (bicyclic) bond motifs is 1. The van der Waals surface area contributed by atoms with Gasteiger partial charge in [0.2, 0.25) is 0 Å². The molecule has 2 aromatic heterocycles. The van der Waals surface area contributed by atoms with Crippen LogP contribution in [0.3, 0.4) is 0 Å². The number of anilines is 1. The van der Waals surface area contributed by atoms with Crippen LogP contribution in [0.15, 0.2) is 122 Å². The van der Waals surface area contributed by atoms with E-state index in [1.807, 2.05) is 84.9 Å². The maximum Gasteiger partial charge on any atom is 0.256 e. The fraction of sp³-hybridized carbons (Fsp3) is 0.268. The Kier molecular flexibility index (Phi) is 11.2. The van der Waals surface area contributed by atoms with E-state index in [2.05, 4.69) is 20.3 Å². The minimum atomic E-state index is -1.14. The maximum absolute atomic E-state index is 13.0. The lowest BCUT2D eigenvalue weighted by Crippen LogP contribution is -2.40. The number of carbonyl (C=O) groups is 1. The number of benzene rings is 4. The molecule has 0 unspecified atom stereocenters. The van der Waals surface area contributed by atoms with Crippen molar-refractivity contribution in [1.29, 1.82) is 0 Å². The van der Waals surface area contributed by atoms with E-state index in [0.717, 1.165) is 16.7 Å². The van der Waals surface area contributed by atoms with Crippen LogP contribution in [0.25, 0.3) is 11.2 Å². The molecule has 0 bridgehead atoms. The van der Waals surface area contributed by atoms with Gasteiger partial charge in [0.15, 0.2) is 23.2 Å². The first-order chi connectivity index (χ1) is 26.5. The zero-order chi connectivity index (χ0) is 37.5. The quantitative estimate of drug-likeness (QED) is 0.103. The highest BCUT2D eigenvalue weighted by atomic mass is 16.6. The van der Waals surface area contributed by atoms with Gasteiger partial charge in [-0.25, -0.2) is 15.0 Å². The Morgan fingerprint density at radius 1 is 0.796 bits per heavy atom. The highest BCUT2D eigenvalue weighted by Gasteiger charge is 2.48. The van der Waals surface area contributed by atoms with Crippen LogP contribution in [-0.4, -0.2) is 90.0 Å². The summed E-state index contributed by atoms with van der Waals surface area (Å²) >= 11 is 0. The van der Waals surface area contributed by atoms with E-state index in [4.69, 9.17) is 28.4 Å². The molecule has 7 rings (SSSR count). The number of carbonyl (C=O) groups excluding carboxylic acids is 1. The number of methoxy groups -OCH3 is 3. The van der Waals surface area contributed by atoms with Crippen molar-refractivity contribution in [2.24, 2.45) is 0 Å². The highest BCUT2D eigenvalue weighted by Crippen LogP contribution is 2.43. The molecule has 0 spiro atoms. The van der Waals surface area contributed by atoms with E-state index < -0.39 is 30.1 Å². The molecule has 2 N–H and O–H groups in total. The zero-order valence-electron chi connectivity index (χ0n) is 30.1. The Hall–Kier alpha value is -5.70. The van der Waals surface area contributed by atoms with Crippen molar-refractivity contribution in [2.75, 3.05) is 46.5 Å². The van der Waals surface area contributed by atoms with Gasteiger partial charge in [-0.1, -0.05) is 72.8 Å². The summed E-state index contributed by atoms with van der Waals surface area (Å²) in [7, 11) is 4.82. The predicted octanol–water partition coefficient (Wildman–Crippen LogP) is 5.39. The fourth-order valence-electron chi connectivity index (χ4n) is 6.71. The van der Waals surface area contributed by atoms with Crippen molar-refractivity contribution in [3.63, 3.8) is 0 Å². The molecular weight excluding hydrogens is 690 g/mol. The molecule has 0 saturated carbocycles. The third-order valence-corrected chi connectivity index (χ3v) is 9.45. The summed E-state index contributed by atoms with van der Waals surface area (Å²) in [5.41, 5.74) is 2.57. The molecule has 1 saturated heterocycles. The maximum atomic E-state index is 13.0. The Labute approximate surface area is 312 Å². The van der Waals surface area contributed by atoms with Crippen LogP contribution in [0.4, 0.5) is 5.82 Å². The zero-order valence-corrected chi connectivity index (χ0v) is 30.1. The van der Waals surface area contributed by atoms with Gasteiger partial charge in [0, 0.05) is 12.7 Å². The lowest BCUT2D eigenvalue weighted by atomic mass is 9.80. The van der Waals surface area contributed by atoms with Gasteiger partial charge in [0.25, 0.3) is 5.91 Å². The number of rotatable bonds is 15. The van der Waals surface area contributed by atoms with Gasteiger partial charge in [0.1, 0.15) is 41.7 Å². The van der Waals surface area contributed by atoms with Crippen LogP contribution >= 0.6 is 0 Å². The minimum absolute atomic E-state index is 0.0469. The molecule has 1 aliphatic heterocycles. The molecule has 0 aliphatic carbocycles. The van der Waals surface area contributed by atoms with Gasteiger partial charge >= 0.3 is 0 Å². The van der Waals surface area contributed by atoms with E-state index in [1.165, 1.54) is 12.7 Å². The number of imidazole rings is 1. The average molecular weight is 732 g/mol. The monoisotopic (exact) mass is 731 g/mol. The molecule has 6 aromatic rings. The van der Waals surface area contributed by atoms with Gasteiger partial charge in [-0.2, -0.15) is 0 Å². The molecule has 4 atom stereocenters. The van der Waals surface area contributed by atoms with E-state index in [9.17, 15) is 9.90 Å². The van der Waals surface area contributed by atoms with E-state index >= 15 is 0 Å². The second-order valence-electron chi connectivity index (χ2n) is 12.6. The second kappa shape index (κ2) is 16.5. The van der Waals surface area contributed by atoms with Crippen molar-refractivity contribution >= 4 is 22.9 Å². The second-order valence-corrected chi connectivity index (χ2v) is 12.6. The predicted molar refractivity (Wildman–Crippen MR) is 200 cm³/mol. The number of aliphatic hydroxyl groups is 1. The number of aliphatic hydroxyl groups excluding tert-OH is 1. The van der Waals surface area contributed by atoms with E-state index in [0.29, 0.717) is 34.8 Å². The fourth-order valence-corrected chi connectivity index (χ4v) is 6.71. The largest absolute Gasteiger partial charge is 0.497 e. The Morgan fingerprint density at radius 2 is 1.41 bits per heavy atom. The topological polar surface area (TPSA) is 148 Å². The van der Waals surface area contributed by atoms with Crippen LogP contribution in [0.5, 0.6) is 11.5 Å². The number of amides is 1. The first-order valence-electron chi connectivity index (χ1n) is 17.4. The van der Waals surface area contributed by atoms with Crippen LogP contribution in [0.2, 0.25) is 0 Å². The smallest absolute Gasteiger partial charge is 0.256 e. The minimum Gasteiger partial charge on any atom is -0.497 e. The molecule has 1 amide bonds. The molecule has 3 heterocycles. The van der Waals surface area contributed by atoms with Gasteiger partial charge in [-0.3, -0.25) is 9.36 Å². The molecule has 54 heavy (non-hydrogen) atoms. The summed E-state index contributed by atoms with van der Waals surface area (Å²) in [5.74, 6) is 1.28. The summed E-state index contributed by atoms with van der Waals surface area (Å²) in [6, 6.07) is 34.1. The van der Waals surface area contributed by atoms with Gasteiger partial charge in [-0.05, 0) is 53.1 Å². The van der Waals surface area contributed by atoms with Crippen LogP contribution in [0, 0.1) is 0 Å². The summed E-state index contributed by atoms with van der Waals surface area (Å²) in [6.45, 7) is 0.442. The molecule has 278 valence electrons. The number of ether oxygens (including phenoxy) is 6. The standard InChI is InChI=1S/C41H41N5O8/c1-49-22-23-52-36-35(47)33(54-40(36)46-26-44-34-37(42-25-43-38(34)46)45-39(48)27-10-6-4-7-11-27)24-53-41(28-12-8-5-9-13-28,29-14-18-31(50-2)19-15-29)30-16-20-32(51-3)21-17-30/h4-21,25-26,33,35-36,40,47H,22-24H2,1-3H3,(H,42,43,45,48)/t33-,35-,36+,40-/m1/s1. The summed E-state index contributed by atoms with van der Waals surface area (Å²) in [6.07, 6.45) is -0.866. The molecule has 13 nitrogen and oxygen atoms in total. The first-order valence-corrected chi connectivity index (χ1v) is 17.4. The van der Waals surface area contributed by atoms with E-state index in [-0.39, 0.29) is 24.9 Å². The summed E-state index contributed by atoms with van der Waals surface area (Å²) in [5, 5.41) is 14.7.